The van der Waals surface area contributed by atoms with Crippen molar-refractivity contribution >= 4 is 29.0 Å². The molecule has 3 rings (SSSR count). The molecule has 0 aliphatic carbocycles. The Morgan fingerprint density at radius 1 is 1.26 bits per heavy atom. The van der Waals surface area contributed by atoms with Crippen molar-refractivity contribution in [3.63, 3.8) is 0 Å². The third kappa shape index (κ3) is 5.16. The van der Waals surface area contributed by atoms with Crippen LogP contribution >= 0.6 is 11.8 Å². The maximum Gasteiger partial charge on any atom is 0.294 e. The van der Waals surface area contributed by atoms with Crippen molar-refractivity contribution in [1.82, 2.24) is 4.90 Å². The number of carbonyl (C=O) groups is 2. The van der Waals surface area contributed by atoms with Crippen LogP contribution in [0.4, 0.5) is 9.18 Å². The largest absolute Gasteiger partial charge is 0.493 e. The lowest BCUT2D eigenvalue weighted by Crippen LogP contribution is -2.28. The van der Waals surface area contributed by atoms with E-state index >= 15 is 0 Å². The van der Waals surface area contributed by atoms with E-state index in [1.807, 2.05) is 6.07 Å². The predicted molar refractivity (Wildman–Crippen MR) is 119 cm³/mol. The monoisotopic (exact) mass is 437 g/mol. The van der Waals surface area contributed by atoms with Crippen molar-refractivity contribution in [3.8, 4) is 23.8 Å². The van der Waals surface area contributed by atoms with E-state index in [-0.39, 0.29) is 23.9 Å². The summed E-state index contributed by atoms with van der Waals surface area (Å²) < 4.78 is 24.6. The molecule has 1 aliphatic heterocycles. The molecule has 1 saturated heterocycles. The molecular formula is C24H20FNO4S. The maximum atomic E-state index is 13.1. The van der Waals surface area contributed by atoms with Crippen molar-refractivity contribution in [3.05, 3.63) is 76.5 Å². The van der Waals surface area contributed by atoms with Crippen molar-refractivity contribution in [1.29, 1.82) is 0 Å². The summed E-state index contributed by atoms with van der Waals surface area (Å²) >= 11 is 0.842. The summed E-state index contributed by atoms with van der Waals surface area (Å²) in [4.78, 5) is 25.8. The summed E-state index contributed by atoms with van der Waals surface area (Å²) in [5.41, 5.74) is 2.28. The molecule has 2 amide bonds. The number of amides is 2. The molecular weight excluding hydrogens is 417 g/mol. The van der Waals surface area contributed by atoms with Gasteiger partial charge in [-0.05, 0) is 59.7 Å². The van der Waals surface area contributed by atoms with Gasteiger partial charge in [0.25, 0.3) is 11.1 Å². The number of benzene rings is 2. The van der Waals surface area contributed by atoms with E-state index in [0.29, 0.717) is 23.5 Å². The van der Waals surface area contributed by atoms with Crippen molar-refractivity contribution in [2.75, 3.05) is 13.7 Å². The topological polar surface area (TPSA) is 55.8 Å². The van der Waals surface area contributed by atoms with E-state index < -0.39 is 11.1 Å². The highest BCUT2D eigenvalue weighted by Crippen LogP contribution is 2.37. The Balaban J connectivity index is 1.91. The molecule has 0 radical (unpaired) electrons. The molecule has 31 heavy (non-hydrogen) atoms. The third-order valence-electron chi connectivity index (χ3n) is 4.46. The summed E-state index contributed by atoms with van der Waals surface area (Å²) in [6.07, 6.45) is 9.08. The van der Waals surface area contributed by atoms with Gasteiger partial charge in [-0.2, -0.15) is 0 Å². The van der Waals surface area contributed by atoms with Gasteiger partial charge in [0.15, 0.2) is 11.5 Å². The number of hydrogen-bond acceptors (Lipinski definition) is 5. The third-order valence-corrected chi connectivity index (χ3v) is 5.36. The molecule has 1 heterocycles. The fourth-order valence-electron chi connectivity index (χ4n) is 3.00. The average Bonchev–Trinajstić information content (AvgIpc) is 3.01. The van der Waals surface area contributed by atoms with Crippen LogP contribution in [0.2, 0.25) is 0 Å². The Kier molecular flexibility index (Phi) is 7.16. The van der Waals surface area contributed by atoms with Crippen LogP contribution in [0.5, 0.6) is 11.5 Å². The molecule has 0 N–H and O–H groups in total. The molecule has 5 nitrogen and oxygen atoms in total. The van der Waals surface area contributed by atoms with Crippen LogP contribution in [0.1, 0.15) is 16.7 Å². The number of carbonyl (C=O) groups excluding carboxylic acids is 2. The summed E-state index contributed by atoms with van der Waals surface area (Å²) in [6, 6.07) is 9.61. The fourth-order valence-corrected chi connectivity index (χ4v) is 3.84. The second-order valence-corrected chi connectivity index (χ2v) is 7.58. The van der Waals surface area contributed by atoms with Crippen molar-refractivity contribution < 1.29 is 23.5 Å². The van der Waals surface area contributed by atoms with E-state index in [4.69, 9.17) is 15.9 Å². The van der Waals surface area contributed by atoms with Gasteiger partial charge in [-0.3, -0.25) is 14.5 Å². The molecule has 7 heteroatoms. The van der Waals surface area contributed by atoms with E-state index in [1.165, 1.54) is 19.2 Å². The number of terminal acetylenes is 1. The van der Waals surface area contributed by atoms with Gasteiger partial charge in [-0.1, -0.05) is 24.1 Å². The molecule has 0 atom stereocenters. The summed E-state index contributed by atoms with van der Waals surface area (Å²) in [7, 11) is 1.52. The number of rotatable bonds is 8. The highest BCUT2D eigenvalue weighted by atomic mass is 32.2. The number of thioether (sulfide) groups is 1. The van der Waals surface area contributed by atoms with Crippen LogP contribution in [0.25, 0.3) is 6.08 Å². The average molecular weight is 437 g/mol. The van der Waals surface area contributed by atoms with Gasteiger partial charge in [0, 0.05) is 5.56 Å². The first kappa shape index (κ1) is 22.2. The molecule has 1 fully saturated rings. The van der Waals surface area contributed by atoms with Crippen LogP contribution in [0.3, 0.4) is 0 Å². The zero-order valence-corrected chi connectivity index (χ0v) is 17.7. The van der Waals surface area contributed by atoms with Crippen molar-refractivity contribution in [2.24, 2.45) is 0 Å². The highest BCUT2D eigenvalue weighted by Gasteiger charge is 2.34. The number of imide groups is 1. The van der Waals surface area contributed by atoms with Crippen LogP contribution in [-0.2, 0) is 17.8 Å². The van der Waals surface area contributed by atoms with Gasteiger partial charge in [0.1, 0.15) is 12.4 Å². The lowest BCUT2D eigenvalue weighted by molar-refractivity contribution is -0.122. The van der Waals surface area contributed by atoms with E-state index in [9.17, 15) is 14.0 Å². The number of hydrogen-bond donors (Lipinski definition) is 0. The molecule has 2 aromatic rings. The van der Waals surface area contributed by atoms with Gasteiger partial charge in [0.05, 0.1) is 18.6 Å². The van der Waals surface area contributed by atoms with Crippen LogP contribution in [0, 0.1) is 18.2 Å². The Hall–Kier alpha value is -3.50. The molecule has 1 aliphatic rings. The minimum atomic E-state index is -0.422. The Morgan fingerprint density at radius 3 is 2.65 bits per heavy atom. The standard InChI is InChI=1S/C24H20FNO4S/c1-4-6-18-12-17(14-21-23(27)26(11-5-2)24(28)31-21)13-20(29-3)22(18)30-15-16-7-9-19(25)10-8-16/h2,4,7-10,12-14H,1,6,11,15H2,3H3/b21-14+. The lowest BCUT2D eigenvalue weighted by Gasteiger charge is -2.16. The molecule has 0 aromatic heterocycles. The zero-order valence-electron chi connectivity index (χ0n) is 16.9. The number of methoxy groups -OCH3 is 1. The maximum absolute atomic E-state index is 13.1. The predicted octanol–water partition coefficient (Wildman–Crippen LogP) is 4.81. The quantitative estimate of drug-likeness (QED) is 0.337. The Bertz CT molecular complexity index is 1090. The smallest absolute Gasteiger partial charge is 0.294 e. The van der Waals surface area contributed by atoms with Crippen LogP contribution < -0.4 is 9.47 Å². The first-order valence-corrected chi connectivity index (χ1v) is 10.2. The molecule has 0 bridgehead atoms. The lowest BCUT2D eigenvalue weighted by atomic mass is 10.0. The number of halogens is 1. The molecule has 0 unspecified atom stereocenters. The molecule has 2 aromatic carbocycles. The molecule has 158 valence electrons. The normalized spacial score (nSPS) is 14.6. The number of ether oxygens (including phenoxy) is 2. The number of nitrogens with zero attached hydrogens (tertiary/aromatic N) is 1. The minimum Gasteiger partial charge on any atom is -0.493 e. The first-order valence-electron chi connectivity index (χ1n) is 9.34. The zero-order chi connectivity index (χ0) is 22.4. The van der Waals surface area contributed by atoms with Gasteiger partial charge in [0.2, 0.25) is 0 Å². The van der Waals surface area contributed by atoms with Gasteiger partial charge >= 0.3 is 0 Å². The Labute approximate surface area is 184 Å². The molecule has 0 spiro atoms. The fraction of sp³-hybridized carbons (Fsp3) is 0.167. The van der Waals surface area contributed by atoms with Gasteiger partial charge < -0.3 is 9.47 Å². The van der Waals surface area contributed by atoms with Gasteiger partial charge in [-0.15, -0.1) is 13.0 Å². The summed E-state index contributed by atoms with van der Waals surface area (Å²) in [6.45, 7) is 3.95. The second kappa shape index (κ2) is 10.0. The first-order chi connectivity index (χ1) is 15.0. The van der Waals surface area contributed by atoms with E-state index in [0.717, 1.165) is 27.8 Å². The SMILES string of the molecule is C#CCN1C(=O)S/C(=C/c2cc(CC=C)c(OCc3ccc(F)cc3)c(OC)c2)C1=O. The molecule has 0 saturated carbocycles. The highest BCUT2D eigenvalue weighted by molar-refractivity contribution is 8.18. The summed E-state index contributed by atoms with van der Waals surface area (Å²) in [5, 5.41) is -0.397. The Morgan fingerprint density at radius 2 is 2.00 bits per heavy atom. The minimum absolute atomic E-state index is 0.0663. The summed E-state index contributed by atoms with van der Waals surface area (Å²) in [5.74, 6) is 2.57. The van der Waals surface area contributed by atoms with E-state index in [2.05, 4.69) is 12.5 Å². The second-order valence-electron chi connectivity index (χ2n) is 6.59. The number of allylic oxidation sites excluding steroid dienone is 1. The van der Waals surface area contributed by atoms with Crippen molar-refractivity contribution in [2.45, 2.75) is 13.0 Å². The van der Waals surface area contributed by atoms with Gasteiger partial charge in [-0.25, -0.2) is 4.39 Å². The van der Waals surface area contributed by atoms with Crippen LogP contribution in [-0.4, -0.2) is 29.7 Å². The van der Waals surface area contributed by atoms with E-state index in [1.54, 1.807) is 30.4 Å². The van der Waals surface area contributed by atoms with Crippen LogP contribution in [0.15, 0.2) is 54.0 Å².